The Hall–Kier alpha value is -2.89. The first-order valence-corrected chi connectivity index (χ1v) is 6.22. The highest BCUT2D eigenvalue weighted by Gasteiger charge is 2.19. The summed E-state index contributed by atoms with van der Waals surface area (Å²) in [5.41, 5.74) is 6.71. The number of anilines is 1. The van der Waals surface area contributed by atoms with Gasteiger partial charge in [0.15, 0.2) is 23.3 Å². The third kappa shape index (κ3) is 2.10. The Morgan fingerprint density at radius 2 is 1.67 bits per heavy atom. The van der Waals surface area contributed by atoms with Crippen molar-refractivity contribution in [3.05, 3.63) is 60.2 Å². The molecule has 6 heteroatoms. The standard InChI is InChI=1S/C15H12F2N4/c16-11-8-4-7-10(12(11)17)13-14(18)21(19)15(20-13)9-5-2-1-3-6-9/h1-8H,18-19H2. The van der Waals surface area contributed by atoms with Gasteiger partial charge >= 0.3 is 0 Å². The largest absolute Gasteiger partial charge is 0.382 e. The van der Waals surface area contributed by atoms with Crippen LogP contribution in [0.1, 0.15) is 0 Å². The van der Waals surface area contributed by atoms with Crippen LogP contribution in [0.15, 0.2) is 48.5 Å². The second-order valence-corrected chi connectivity index (χ2v) is 4.51. The first kappa shape index (κ1) is 13.1. The van der Waals surface area contributed by atoms with E-state index in [9.17, 15) is 8.78 Å². The van der Waals surface area contributed by atoms with Crippen molar-refractivity contribution in [2.75, 3.05) is 11.6 Å². The normalized spacial score (nSPS) is 10.8. The summed E-state index contributed by atoms with van der Waals surface area (Å²) >= 11 is 0. The molecule has 21 heavy (non-hydrogen) atoms. The molecule has 106 valence electrons. The summed E-state index contributed by atoms with van der Waals surface area (Å²) in [4.78, 5) is 4.26. The van der Waals surface area contributed by atoms with Gasteiger partial charge in [-0.15, -0.1) is 0 Å². The summed E-state index contributed by atoms with van der Waals surface area (Å²) in [6, 6.07) is 12.9. The molecule has 1 aromatic heterocycles. The third-order valence-electron chi connectivity index (χ3n) is 3.19. The quantitative estimate of drug-likeness (QED) is 0.712. The van der Waals surface area contributed by atoms with Crippen LogP contribution in [0, 0.1) is 11.6 Å². The summed E-state index contributed by atoms with van der Waals surface area (Å²) in [5.74, 6) is 4.37. The van der Waals surface area contributed by atoms with Crippen LogP contribution < -0.4 is 11.6 Å². The molecule has 0 unspecified atom stereocenters. The highest BCUT2D eigenvalue weighted by Crippen LogP contribution is 2.31. The molecule has 4 N–H and O–H groups in total. The van der Waals surface area contributed by atoms with Gasteiger partial charge in [-0.2, -0.15) is 0 Å². The SMILES string of the molecule is Nc1c(-c2cccc(F)c2F)nc(-c2ccccc2)n1N. The Balaban J connectivity index is 2.20. The summed E-state index contributed by atoms with van der Waals surface area (Å²) in [7, 11) is 0. The number of rotatable bonds is 2. The van der Waals surface area contributed by atoms with Gasteiger partial charge in [0.25, 0.3) is 0 Å². The maximum atomic E-state index is 13.9. The van der Waals surface area contributed by atoms with E-state index < -0.39 is 11.6 Å². The summed E-state index contributed by atoms with van der Waals surface area (Å²) in [6.45, 7) is 0. The fourth-order valence-corrected chi connectivity index (χ4v) is 2.12. The van der Waals surface area contributed by atoms with Crippen molar-refractivity contribution in [1.82, 2.24) is 9.66 Å². The molecule has 0 atom stereocenters. The number of hydrogen-bond donors (Lipinski definition) is 2. The van der Waals surface area contributed by atoms with Gasteiger partial charge in [0, 0.05) is 11.1 Å². The van der Waals surface area contributed by atoms with Gasteiger partial charge < -0.3 is 11.6 Å². The molecule has 2 aromatic carbocycles. The van der Waals surface area contributed by atoms with Crippen molar-refractivity contribution in [1.29, 1.82) is 0 Å². The fraction of sp³-hybridized carbons (Fsp3) is 0. The van der Waals surface area contributed by atoms with Crippen molar-refractivity contribution in [3.63, 3.8) is 0 Å². The predicted octanol–water partition coefficient (Wildman–Crippen LogP) is 2.79. The van der Waals surface area contributed by atoms with Crippen LogP contribution in [0.4, 0.5) is 14.6 Å². The zero-order chi connectivity index (χ0) is 15.0. The molecule has 0 aliphatic carbocycles. The van der Waals surface area contributed by atoms with Gasteiger partial charge in [-0.1, -0.05) is 36.4 Å². The van der Waals surface area contributed by atoms with E-state index in [4.69, 9.17) is 11.6 Å². The topological polar surface area (TPSA) is 69.9 Å². The molecular weight excluding hydrogens is 274 g/mol. The lowest BCUT2D eigenvalue weighted by atomic mass is 10.1. The zero-order valence-corrected chi connectivity index (χ0v) is 10.9. The van der Waals surface area contributed by atoms with Gasteiger partial charge in [-0.25, -0.2) is 18.4 Å². The van der Waals surface area contributed by atoms with Crippen molar-refractivity contribution in [2.24, 2.45) is 0 Å². The molecule has 1 heterocycles. The van der Waals surface area contributed by atoms with E-state index >= 15 is 0 Å². The maximum absolute atomic E-state index is 13.9. The minimum atomic E-state index is -0.998. The average Bonchev–Trinajstić information content (AvgIpc) is 2.79. The molecule has 0 amide bonds. The second-order valence-electron chi connectivity index (χ2n) is 4.51. The van der Waals surface area contributed by atoms with Crippen LogP contribution in [0.5, 0.6) is 0 Å². The van der Waals surface area contributed by atoms with Crippen LogP contribution in [-0.4, -0.2) is 9.66 Å². The molecule has 3 rings (SSSR count). The van der Waals surface area contributed by atoms with E-state index in [0.29, 0.717) is 5.82 Å². The number of aromatic nitrogens is 2. The Morgan fingerprint density at radius 3 is 2.38 bits per heavy atom. The van der Waals surface area contributed by atoms with E-state index in [1.807, 2.05) is 18.2 Å². The molecule has 0 radical (unpaired) electrons. The molecule has 4 nitrogen and oxygen atoms in total. The molecule has 0 fully saturated rings. The van der Waals surface area contributed by atoms with Crippen molar-refractivity contribution in [3.8, 4) is 22.6 Å². The predicted molar refractivity (Wildman–Crippen MR) is 77.6 cm³/mol. The zero-order valence-electron chi connectivity index (χ0n) is 10.9. The molecule has 0 bridgehead atoms. The van der Waals surface area contributed by atoms with E-state index in [1.165, 1.54) is 12.1 Å². The van der Waals surface area contributed by atoms with Gasteiger partial charge in [-0.05, 0) is 12.1 Å². The Bertz CT molecular complexity index is 797. The summed E-state index contributed by atoms with van der Waals surface area (Å²) < 4.78 is 28.4. The molecule has 3 aromatic rings. The number of nitrogens with zero attached hydrogens (tertiary/aromatic N) is 2. The highest BCUT2D eigenvalue weighted by atomic mass is 19.2. The van der Waals surface area contributed by atoms with Crippen molar-refractivity contribution in [2.45, 2.75) is 0 Å². The van der Waals surface area contributed by atoms with E-state index in [1.54, 1.807) is 12.1 Å². The molecule has 0 aliphatic heterocycles. The lowest BCUT2D eigenvalue weighted by Crippen LogP contribution is -2.13. The number of benzene rings is 2. The molecular formula is C15H12F2N4. The van der Waals surface area contributed by atoms with Gasteiger partial charge in [-0.3, -0.25) is 0 Å². The number of hydrogen-bond acceptors (Lipinski definition) is 3. The van der Waals surface area contributed by atoms with Crippen molar-refractivity contribution < 1.29 is 8.78 Å². The van der Waals surface area contributed by atoms with E-state index in [-0.39, 0.29) is 17.1 Å². The van der Waals surface area contributed by atoms with Crippen molar-refractivity contribution >= 4 is 5.82 Å². The smallest absolute Gasteiger partial charge is 0.168 e. The van der Waals surface area contributed by atoms with Gasteiger partial charge in [0.1, 0.15) is 5.69 Å². The maximum Gasteiger partial charge on any atom is 0.168 e. The first-order valence-electron chi connectivity index (χ1n) is 6.22. The molecule has 0 aliphatic rings. The Morgan fingerprint density at radius 1 is 0.952 bits per heavy atom. The van der Waals surface area contributed by atoms with Crippen LogP contribution in [0.3, 0.4) is 0 Å². The van der Waals surface area contributed by atoms with Gasteiger partial charge in [0.2, 0.25) is 0 Å². The van der Waals surface area contributed by atoms with Crippen LogP contribution in [-0.2, 0) is 0 Å². The van der Waals surface area contributed by atoms with Crippen LogP contribution in [0.25, 0.3) is 22.6 Å². The number of halogens is 2. The first-order chi connectivity index (χ1) is 10.1. The minimum Gasteiger partial charge on any atom is -0.382 e. The van der Waals surface area contributed by atoms with Crippen LogP contribution in [0.2, 0.25) is 0 Å². The fourth-order valence-electron chi connectivity index (χ4n) is 2.12. The average molecular weight is 286 g/mol. The number of nitrogens with two attached hydrogens (primary N) is 2. The van der Waals surface area contributed by atoms with Gasteiger partial charge in [0.05, 0.1) is 0 Å². The lowest BCUT2D eigenvalue weighted by molar-refractivity contribution is 0.511. The third-order valence-corrected chi connectivity index (χ3v) is 3.19. The summed E-state index contributed by atoms with van der Waals surface area (Å²) in [5, 5.41) is 0. The molecule has 0 saturated carbocycles. The molecule has 0 spiro atoms. The number of nitrogen functional groups attached to an aromatic ring is 2. The monoisotopic (exact) mass is 286 g/mol. The second kappa shape index (κ2) is 4.90. The minimum absolute atomic E-state index is 0.0196. The highest BCUT2D eigenvalue weighted by molar-refractivity contribution is 5.76. The van der Waals surface area contributed by atoms with E-state index in [0.717, 1.165) is 16.3 Å². The molecule has 0 saturated heterocycles. The Labute approximate surface area is 119 Å². The summed E-state index contributed by atoms with van der Waals surface area (Å²) in [6.07, 6.45) is 0. The number of imidazole rings is 1. The Kier molecular flexibility index (Phi) is 3.06. The van der Waals surface area contributed by atoms with E-state index in [2.05, 4.69) is 4.98 Å². The lowest BCUT2D eigenvalue weighted by Gasteiger charge is -2.03. The van der Waals surface area contributed by atoms with Crippen LogP contribution >= 0.6 is 0 Å².